The Hall–Kier alpha value is -3.23. The average molecular weight is 468 g/mol. The lowest BCUT2D eigenvalue weighted by Gasteiger charge is -2.21. The molecule has 174 valence electrons. The summed E-state index contributed by atoms with van der Waals surface area (Å²) in [4.78, 5) is 18.8. The third kappa shape index (κ3) is 5.77. The van der Waals surface area contributed by atoms with Crippen LogP contribution >= 0.6 is 0 Å². The largest absolute Gasteiger partial charge is 0.481 e. The highest BCUT2D eigenvalue weighted by Crippen LogP contribution is 2.28. The molecule has 0 aliphatic carbocycles. The summed E-state index contributed by atoms with van der Waals surface area (Å²) in [7, 11) is -2.23. The number of likely N-dealkylation sites (N-methyl/N-ethyl adjacent to an activating group) is 1. The number of hydrogen-bond donors (Lipinski definition) is 1. The van der Waals surface area contributed by atoms with Crippen molar-refractivity contribution in [2.75, 3.05) is 26.7 Å². The van der Waals surface area contributed by atoms with Crippen molar-refractivity contribution in [3.8, 4) is 17.0 Å². The molecule has 0 spiro atoms. The fourth-order valence-electron chi connectivity index (χ4n) is 3.55. The van der Waals surface area contributed by atoms with Gasteiger partial charge in [0.1, 0.15) is 0 Å². The van der Waals surface area contributed by atoms with Gasteiger partial charge in [-0.25, -0.2) is 18.1 Å². The van der Waals surface area contributed by atoms with Crippen LogP contribution in [0.3, 0.4) is 0 Å². The zero-order chi connectivity index (χ0) is 24.0. The zero-order valence-electron chi connectivity index (χ0n) is 19.3. The Morgan fingerprint density at radius 2 is 1.79 bits per heavy atom. The van der Waals surface area contributed by atoms with E-state index in [1.165, 1.54) is 0 Å². The highest BCUT2D eigenvalue weighted by molar-refractivity contribution is 7.89. The van der Waals surface area contributed by atoms with Crippen LogP contribution in [0.1, 0.15) is 28.4 Å². The minimum Gasteiger partial charge on any atom is -0.481 e. The molecule has 1 N–H and O–H groups in total. The van der Waals surface area contributed by atoms with Crippen molar-refractivity contribution in [1.29, 1.82) is 0 Å². The lowest BCUT2D eigenvalue weighted by Crippen LogP contribution is -2.38. The first-order valence-corrected chi connectivity index (χ1v) is 12.2. The second-order valence-corrected chi connectivity index (χ2v) is 9.40. The van der Waals surface area contributed by atoms with E-state index in [0.717, 1.165) is 16.7 Å². The minimum absolute atomic E-state index is 0.113. The van der Waals surface area contributed by atoms with Crippen LogP contribution in [0.4, 0.5) is 0 Å². The molecule has 0 saturated carbocycles. The first-order valence-electron chi connectivity index (χ1n) is 10.7. The van der Waals surface area contributed by atoms with Crippen molar-refractivity contribution in [2.45, 2.75) is 25.7 Å². The van der Waals surface area contributed by atoms with Crippen molar-refractivity contribution >= 4 is 15.9 Å². The first-order chi connectivity index (χ1) is 15.8. The van der Waals surface area contributed by atoms with Gasteiger partial charge in [0.25, 0.3) is 5.91 Å². The number of nitrogens with zero attached hydrogens (tertiary/aromatic N) is 2. The molecule has 1 aromatic heterocycles. The van der Waals surface area contributed by atoms with Gasteiger partial charge in [-0.2, -0.15) is 0 Å². The number of sulfonamides is 1. The molecule has 2 aromatic carbocycles. The summed E-state index contributed by atoms with van der Waals surface area (Å²) >= 11 is 0. The molecule has 0 aliphatic rings. The van der Waals surface area contributed by atoms with Crippen molar-refractivity contribution in [1.82, 2.24) is 14.6 Å². The van der Waals surface area contributed by atoms with Crippen molar-refractivity contribution < 1.29 is 17.9 Å². The van der Waals surface area contributed by atoms with Crippen molar-refractivity contribution in [3.63, 3.8) is 0 Å². The molecule has 33 heavy (non-hydrogen) atoms. The predicted octanol–water partition coefficient (Wildman–Crippen LogP) is 3.81. The number of amides is 1. The summed E-state index contributed by atoms with van der Waals surface area (Å²) in [6, 6.07) is 16.1. The number of carbonyl (C=O) groups excluding carboxylic acids is 1. The van der Waals surface area contributed by atoms with Crippen molar-refractivity contribution in [3.05, 3.63) is 77.5 Å². The minimum atomic E-state index is -3.77. The molecule has 0 fully saturated rings. The number of pyridine rings is 1. The Morgan fingerprint density at radius 1 is 1.06 bits per heavy atom. The van der Waals surface area contributed by atoms with Crippen LogP contribution in [0.25, 0.3) is 11.1 Å². The molecule has 8 heteroatoms. The SMILES string of the molecule is CCN(CCNS(=O)(=O)c1cccc(-c2ccc(OC)nc2)c1C)C(=O)c1ccc(C)cc1. The number of nitrogens with one attached hydrogen (secondary N) is 1. The summed E-state index contributed by atoms with van der Waals surface area (Å²) in [6.07, 6.45) is 1.65. The molecular formula is C25H29N3O4S. The van der Waals surface area contributed by atoms with E-state index in [9.17, 15) is 13.2 Å². The van der Waals surface area contributed by atoms with Crippen LogP contribution in [0.15, 0.2) is 65.7 Å². The highest BCUT2D eigenvalue weighted by Gasteiger charge is 2.20. The van der Waals surface area contributed by atoms with Gasteiger partial charge in [0.2, 0.25) is 15.9 Å². The van der Waals surface area contributed by atoms with Crippen LogP contribution < -0.4 is 9.46 Å². The highest BCUT2D eigenvalue weighted by atomic mass is 32.2. The summed E-state index contributed by atoms with van der Waals surface area (Å²) in [6.45, 7) is 6.46. The van der Waals surface area contributed by atoms with Gasteiger partial charge in [-0.3, -0.25) is 4.79 Å². The van der Waals surface area contributed by atoms with E-state index in [0.29, 0.717) is 23.6 Å². The van der Waals surface area contributed by atoms with Crippen LogP contribution in [0, 0.1) is 13.8 Å². The Kier molecular flexibility index (Phi) is 7.84. The Labute approximate surface area is 195 Å². The first kappa shape index (κ1) is 24.4. The molecular weight excluding hydrogens is 438 g/mol. The molecule has 3 aromatic rings. The molecule has 3 rings (SSSR count). The second kappa shape index (κ2) is 10.6. The quantitative estimate of drug-likeness (QED) is 0.517. The van der Waals surface area contributed by atoms with Gasteiger partial charge in [-0.1, -0.05) is 29.8 Å². The zero-order valence-corrected chi connectivity index (χ0v) is 20.1. The lowest BCUT2D eigenvalue weighted by molar-refractivity contribution is 0.0767. The molecule has 1 amide bonds. The summed E-state index contributed by atoms with van der Waals surface area (Å²) in [5.41, 5.74) is 3.86. The molecule has 0 bridgehead atoms. The lowest BCUT2D eigenvalue weighted by atomic mass is 10.0. The van der Waals surface area contributed by atoms with Crippen LogP contribution in [0.5, 0.6) is 5.88 Å². The maximum absolute atomic E-state index is 13.0. The number of aryl methyl sites for hydroxylation is 1. The van der Waals surface area contributed by atoms with Gasteiger partial charge in [0, 0.05) is 43.0 Å². The van der Waals surface area contributed by atoms with Crippen molar-refractivity contribution in [2.24, 2.45) is 0 Å². The fourth-order valence-corrected chi connectivity index (χ4v) is 4.84. The number of methoxy groups -OCH3 is 1. The standard InChI is InChI=1S/C25H29N3O4S/c1-5-28(25(29)20-11-9-18(2)10-12-20)16-15-27-33(30,31)23-8-6-7-22(19(23)3)21-13-14-24(32-4)26-17-21/h6-14,17,27H,5,15-16H2,1-4H3. The van der Waals surface area contributed by atoms with E-state index < -0.39 is 10.0 Å². The Bertz CT molecular complexity index is 1210. The topological polar surface area (TPSA) is 88.6 Å². The fraction of sp³-hybridized carbons (Fsp3) is 0.280. The van der Waals surface area contributed by atoms with E-state index in [1.807, 2.05) is 38.1 Å². The van der Waals surface area contributed by atoms with Gasteiger partial charge >= 0.3 is 0 Å². The normalized spacial score (nSPS) is 11.3. The number of carbonyl (C=O) groups is 1. The van der Waals surface area contributed by atoms with Crippen LogP contribution in [-0.2, 0) is 10.0 Å². The average Bonchev–Trinajstić information content (AvgIpc) is 2.82. The number of rotatable bonds is 9. The van der Waals surface area contributed by atoms with E-state index in [2.05, 4.69) is 9.71 Å². The molecule has 1 heterocycles. The van der Waals surface area contributed by atoms with Gasteiger partial charge in [-0.05, 0) is 56.2 Å². The van der Waals surface area contributed by atoms with E-state index >= 15 is 0 Å². The van der Waals surface area contributed by atoms with Gasteiger partial charge in [0.05, 0.1) is 12.0 Å². The summed E-state index contributed by atoms with van der Waals surface area (Å²) < 4.78 is 33.8. The second-order valence-electron chi connectivity index (χ2n) is 7.67. The molecule has 7 nitrogen and oxygen atoms in total. The molecule has 0 atom stereocenters. The maximum atomic E-state index is 13.0. The van der Waals surface area contributed by atoms with Gasteiger partial charge in [-0.15, -0.1) is 0 Å². The van der Waals surface area contributed by atoms with E-state index in [-0.39, 0.29) is 23.9 Å². The Morgan fingerprint density at radius 3 is 2.39 bits per heavy atom. The van der Waals surface area contributed by atoms with Gasteiger partial charge < -0.3 is 9.64 Å². The number of aromatic nitrogens is 1. The maximum Gasteiger partial charge on any atom is 0.253 e. The number of benzene rings is 2. The van der Waals surface area contributed by atoms with E-state index in [1.54, 1.807) is 55.5 Å². The monoisotopic (exact) mass is 467 g/mol. The number of hydrogen-bond acceptors (Lipinski definition) is 5. The Balaban J connectivity index is 1.72. The molecule has 0 radical (unpaired) electrons. The summed E-state index contributed by atoms with van der Waals surface area (Å²) in [5.74, 6) is 0.365. The van der Waals surface area contributed by atoms with E-state index in [4.69, 9.17) is 4.74 Å². The smallest absolute Gasteiger partial charge is 0.253 e. The van der Waals surface area contributed by atoms with Crippen LogP contribution in [0.2, 0.25) is 0 Å². The van der Waals surface area contributed by atoms with Gasteiger partial charge in [0.15, 0.2) is 0 Å². The number of ether oxygens (including phenoxy) is 1. The van der Waals surface area contributed by atoms with Crippen LogP contribution in [-0.4, -0.2) is 51.0 Å². The molecule has 0 unspecified atom stereocenters. The third-order valence-electron chi connectivity index (χ3n) is 5.47. The molecule has 0 saturated heterocycles. The summed E-state index contributed by atoms with van der Waals surface area (Å²) in [5, 5.41) is 0. The molecule has 0 aliphatic heterocycles. The predicted molar refractivity (Wildman–Crippen MR) is 129 cm³/mol. The third-order valence-corrected chi connectivity index (χ3v) is 7.08.